The van der Waals surface area contributed by atoms with Crippen LogP contribution in [0.5, 0.6) is 0 Å². The fraction of sp³-hybridized carbons (Fsp3) is 0.208. The van der Waals surface area contributed by atoms with Crippen LogP contribution in [0.1, 0.15) is 11.4 Å². The summed E-state index contributed by atoms with van der Waals surface area (Å²) in [5.74, 6) is 1.53. The van der Waals surface area contributed by atoms with E-state index in [9.17, 15) is 5.26 Å². The largest absolute Gasteiger partial charge is 0.378 e. The van der Waals surface area contributed by atoms with Crippen molar-refractivity contribution in [3.63, 3.8) is 0 Å². The van der Waals surface area contributed by atoms with E-state index in [1.54, 1.807) is 0 Å². The molecule has 2 aromatic carbocycles. The van der Waals surface area contributed by atoms with Gasteiger partial charge >= 0.3 is 0 Å². The predicted molar refractivity (Wildman–Crippen MR) is 119 cm³/mol. The van der Waals surface area contributed by atoms with E-state index < -0.39 is 0 Å². The number of aromatic nitrogens is 3. The highest BCUT2D eigenvalue weighted by Crippen LogP contribution is 2.29. The van der Waals surface area contributed by atoms with Gasteiger partial charge in [0.05, 0.1) is 35.3 Å². The number of imidazole rings is 1. The molecule has 3 heterocycles. The summed E-state index contributed by atoms with van der Waals surface area (Å²) in [7, 11) is 1.94. The van der Waals surface area contributed by atoms with Crippen LogP contribution in [0.25, 0.3) is 33.6 Å². The average molecular weight is 395 g/mol. The minimum absolute atomic E-state index is 0.514. The van der Waals surface area contributed by atoms with Gasteiger partial charge in [-0.1, -0.05) is 30.3 Å². The smallest absolute Gasteiger partial charge is 0.151 e. The van der Waals surface area contributed by atoms with Crippen LogP contribution < -0.4 is 4.90 Å². The topological polar surface area (TPSA) is 67.0 Å². The molecule has 0 N–H and O–H groups in total. The normalized spacial score (nSPS) is 14.9. The molecule has 0 amide bonds. The van der Waals surface area contributed by atoms with Crippen LogP contribution in [-0.2, 0) is 11.8 Å². The standard InChI is InChI=1S/C24H21N5O/c1-28-22-9-5-4-8-21(22)27-23(28)19(16-25)15-18-14-17-6-2-3-7-20(17)26-24(18)29-10-12-30-13-11-29/h2-9,14-15H,10-13H2,1H3. The monoisotopic (exact) mass is 395 g/mol. The molecule has 0 radical (unpaired) electrons. The molecule has 6 nitrogen and oxygen atoms in total. The van der Waals surface area contributed by atoms with Crippen molar-refractivity contribution in [1.82, 2.24) is 14.5 Å². The predicted octanol–water partition coefficient (Wildman–Crippen LogP) is 4.02. The summed E-state index contributed by atoms with van der Waals surface area (Å²) < 4.78 is 7.48. The molecular formula is C24H21N5O. The molecule has 148 valence electrons. The Morgan fingerprint density at radius 2 is 1.77 bits per heavy atom. The van der Waals surface area contributed by atoms with E-state index in [4.69, 9.17) is 14.7 Å². The van der Waals surface area contributed by atoms with E-state index in [-0.39, 0.29) is 0 Å². The van der Waals surface area contributed by atoms with Gasteiger partial charge in [-0.2, -0.15) is 5.26 Å². The number of ether oxygens (including phenoxy) is 1. The molecule has 1 aliphatic heterocycles. The van der Waals surface area contributed by atoms with Crippen LogP contribution in [-0.4, -0.2) is 40.8 Å². The van der Waals surface area contributed by atoms with Gasteiger partial charge in [0.2, 0.25) is 0 Å². The van der Waals surface area contributed by atoms with Gasteiger partial charge in [-0.25, -0.2) is 9.97 Å². The number of hydrogen-bond acceptors (Lipinski definition) is 5. The van der Waals surface area contributed by atoms with E-state index in [1.165, 1.54) is 0 Å². The molecule has 30 heavy (non-hydrogen) atoms. The van der Waals surface area contributed by atoms with Crippen LogP contribution in [0.2, 0.25) is 0 Å². The van der Waals surface area contributed by atoms with Crippen molar-refractivity contribution in [1.29, 1.82) is 5.26 Å². The van der Waals surface area contributed by atoms with Crippen LogP contribution in [0.4, 0.5) is 5.82 Å². The Labute approximate surface area is 174 Å². The number of hydrogen-bond donors (Lipinski definition) is 0. The zero-order valence-corrected chi connectivity index (χ0v) is 16.7. The molecule has 0 saturated carbocycles. The number of allylic oxidation sites excluding steroid dienone is 1. The molecule has 0 spiro atoms. The molecule has 6 heteroatoms. The lowest BCUT2D eigenvalue weighted by atomic mass is 10.1. The summed E-state index contributed by atoms with van der Waals surface area (Å²) in [4.78, 5) is 11.9. The zero-order valence-electron chi connectivity index (χ0n) is 16.7. The summed E-state index contributed by atoms with van der Waals surface area (Å²) >= 11 is 0. The molecule has 1 aliphatic rings. The van der Waals surface area contributed by atoms with Crippen molar-refractivity contribution >= 4 is 39.4 Å². The van der Waals surface area contributed by atoms with Gasteiger partial charge in [-0.15, -0.1) is 0 Å². The number of nitriles is 1. The maximum Gasteiger partial charge on any atom is 0.151 e. The van der Waals surface area contributed by atoms with Crippen molar-refractivity contribution in [2.45, 2.75) is 0 Å². The molecule has 0 bridgehead atoms. The van der Waals surface area contributed by atoms with Crippen molar-refractivity contribution in [2.75, 3.05) is 31.2 Å². The Hall–Kier alpha value is -3.69. The minimum Gasteiger partial charge on any atom is -0.378 e. The van der Waals surface area contributed by atoms with Gasteiger partial charge in [0, 0.05) is 31.1 Å². The Balaban J connectivity index is 1.69. The molecule has 1 saturated heterocycles. The van der Waals surface area contributed by atoms with Crippen LogP contribution >= 0.6 is 0 Å². The summed E-state index contributed by atoms with van der Waals surface area (Å²) in [6.45, 7) is 2.90. The number of anilines is 1. The van der Waals surface area contributed by atoms with E-state index in [1.807, 2.05) is 66.2 Å². The average Bonchev–Trinajstić information content (AvgIpc) is 3.14. The highest BCUT2D eigenvalue weighted by atomic mass is 16.5. The molecule has 0 atom stereocenters. The summed E-state index contributed by atoms with van der Waals surface area (Å²) in [5.41, 5.74) is 4.25. The Bertz CT molecular complexity index is 1310. The third-order valence-corrected chi connectivity index (χ3v) is 5.49. The third-order valence-electron chi connectivity index (χ3n) is 5.49. The second kappa shape index (κ2) is 7.62. The lowest BCUT2D eigenvalue weighted by Crippen LogP contribution is -2.37. The number of para-hydroxylation sites is 3. The summed E-state index contributed by atoms with van der Waals surface area (Å²) in [6.07, 6.45) is 1.91. The zero-order chi connectivity index (χ0) is 20.5. The molecule has 2 aromatic heterocycles. The van der Waals surface area contributed by atoms with Gasteiger partial charge in [-0.05, 0) is 30.3 Å². The van der Waals surface area contributed by atoms with Crippen molar-refractivity contribution in [3.05, 3.63) is 66.0 Å². The Morgan fingerprint density at radius 1 is 1.03 bits per heavy atom. The highest BCUT2D eigenvalue weighted by Gasteiger charge is 2.18. The molecule has 4 aromatic rings. The van der Waals surface area contributed by atoms with Gasteiger partial charge in [-0.3, -0.25) is 0 Å². The van der Waals surface area contributed by atoms with Crippen molar-refractivity contribution in [3.8, 4) is 6.07 Å². The molecule has 0 unspecified atom stereocenters. The van der Waals surface area contributed by atoms with E-state index in [2.05, 4.69) is 17.0 Å². The van der Waals surface area contributed by atoms with E-state index in [0.29, 0.717) is 24.6 Å². The maximum absolute atomic E-state index is 9.98. The number of aryl methyl sites for hydroxylation is 1. The number of rotatable bonds is 3. The highest BCUT2D eigenvalue weighted by molar-refractivity contribution is 5.95. The lowest BCUT2D eigenvalue weighted by Gasteiger charge is -2.29. The maximum atomic E-state index is 9.98. The van der Waals surface area contributed by atoms with E-state index >= 15 is 0 Å². The molecule has 1 fully saturated rings. The summed E-state index contributed by atoms with van der Waals surface area (Å²) in [6, 6.07) is 20.4. The fourth-order valence-corrected chi connectivity index (χ4v) is 3.95. The summed E-state index contributed by atoms with van der Waals surface area (Å²) in [5, 5.41) is 11.0. The second-order valence-corrected chi connectivity index (χ2v) is 7.35. The second-order valence-electron chi connectivity index (χ2n) is 7.35. The van der Waals surface area contributed by atoms with Crippen molar-refractivity contribution in [2.24, 2.45) is 7.05 Å². The number of fused-ring (bicyclic) bond motifs is 2. The number of benzene rings is 2. The van der Waals surface area contributed by atoms with Crippen LogP contribution in [0, 0.1) is 11.3 Å². The molecular weight excluding hydrogens is 374 g/mol. The quantitative estimate of drug-likeness (QED) is 0.490. The lowest BCUT2D eigenvalue weighted by molar-refractivity contribution is 0.122. The van der Waals surface area contributed by atoms with E-state index in [0.717, 1.165) is 46.4 Å². The van der Waals surface area contributed by atoms with Gasteiger partial charge in [0.1, 0.15) is 11.9 Å². The fourth-order valence-electron chi connectivity index (χ4n) is 3.95. The number of pyridine rings is 1. The molecule has 0 aliphatic carbocycles. The first-order chi connectivity index (χ1) is 14.7. The Morgan fingerprint density at radius 3 is 2.53 bits per heavy atom. The van der Waals surface area contributed by atoms with Crippen LogP contribution in [0.15, 0.2) is 54.6 Å². The minimum atomic E-state index is 0.514. The van der Waals surface area contributed by atoms with Crippen molar-refractivity contribution < 1.29 is 4.74 Å². The number of morpholine rings is 1. The van der Waals surface area contributed by atoms with Gasteiger partial charge in [0.15, 0.2) is 5.82 Å². The SMILES string of the molecule is Cn1c(C(C#N)=Cc2cc3ccccc3nc2N2CCOCC2)nc2ccccc21. The van der Waals surface area contributed by atoms with Crippen LogP contribution in [0.3, 0.4) is 0 Å². The third kappa shape index (κ3) is 3.19. The van der Waals surface area contributed by atoms with Gasteiger partial charge in [0.25, 0.3) is 0 Å². The molecule has 5 rings (SSSR count). The van der Waals surface area contributed by atoms with Gasteiger partial charge < -0.3 is 14.2 Å². The first-order valence-electron chi connectivity index (χ1n) is 10.0. The first-order valence-corrected chi connectivity index (χ1v) is 10.0. The first kappa shape index (κ1) is 18.3. The number of nitrogens with zero attached hydrogens (tertiary/aromatic N) is 5. The Kier molecular flexibility index (Phi) is 4.66.